The molecule has 0 unspecified atom stereocenters. The van der Waals surface area contributed by atoms with Crippen molar-refractivity contribution in [3.05, 3.63) is 64.6 Å². The van der Waals surface area contributed by atoms with Gasteiger partial charge in [-0.05, 0) is 63.3 Å². The van der Waals surface area contributed by atoms with Crippen LogP contribution < -0.4 is 10.2 Å². The van der Waals surface area contributed by atoms with Crippen molar-refractivity contribution in [1.29, 1.82) is 5.26 Å². The molecule has 14 heteroatoms. The quantitative estimate of drug-likeness (QED) is 0.217. The van der Waals surface area contributed by atoms with E-state index in [1.54, 1.807) is 18.2 Å². The van der Waals surface area contributed by atoms with Crippen molar-refractivity contribution in [2.45, 2.75) is 30.1 Å². The number of aromatic nitrogens is 3. The van der Waals surface area contributed by atoms with Crippen LogP contribution in [0.3, 0.4) is 0 Å². The minimum atomic E-state index is -5.22. The van der Waals surface area contributed by atoms with Crippen LogP contribution in [-0.2, 0) is 10.2 Å². The number of likely N-dealkylation sites (tertiary alicyclic amines) is 1. The van der Waals surface area contributed by atoms with Gasteiger partial charge in [-0.3, -0.25) is 9.78 Å². The topological polar surface area (TPSA) is 121 Å². The normalized spacial score (nSPS) is 15.4. The van der Waals surface area contributed by atoms with Gasteiger partial charge < -0.3 is 19.2 Å². The van der Waals surface area contributed by atoms with Gasteiger partial charge in [-0.1, -0.05) is 6.07 Å². The summed E-state index contributed by atoms with van der Waals surface area (Å²) in [6.07, 6.45) is -2.01. The number of nitrogens with zero attached hydrogens (tertiary/aromatic N) is 4. The van der Waals surface area contributed by atoms with Crippen molar-refractivity contribution in [2.24, 2.45) is 0 Å². The van der Waals surface area contributed by atoms with Crippen molar-refractivity contribution in [3.63, 3.8) is 0 Å². The molecule has 2 aromatic carbocycles. The zero-order valence-electron chi connectivity index (χ0n) is 21.9. The Labute approximate surface area is 235 Å². The molecule has 1 aliphatic heterocycles. The monoisotopic (exact) mass is 599 g/mol. The minimum Gasteiger partial charge on any atom is -0.405 e. The Hall–Kier alpha value is -4.48. The highest BCUT2D eigenvalue weighted by Gasteiger charge is 2.34. The number of alkyl halides is 3. The number of ether oxygens (including phenoxy) is 1. The number of piperidine rings is 1. The van der Waals surface area contributed by atoms with Gasteiger partial charge in [-0.2, -0.15) is 13.7 Å². The van der Waals surface area contributed by atoms with E-state index in [0.717, 1.165) is 37.6 Å². The van der Waals surface area contributed by atoms with E-state index >= 15 is 0 Å². The van der Waals surface area contributed by atoms with E-state index < -0.39 is 32.7 Å². The van der Waals surface area contributed by atoms with Crippen molar-refractivity contribution < 1.29 is 30.2 Å². The molecule has 4 heterocycles. The van der Waals surface area contributed by atoms with Crippen molar-refractivity contribution in [2.75, 3.05) is 20.1 Å². The molecule has 1 fully saturated rings. The molecule has 0 atom stereocenters. The first-order valence-electron chi connectivity index (χ1n) is 12.8. The van der Waals surface area contributed by atoms with E-state index in [-0.39, 0.29) is 33.5 Å². The summed E-state index contributed by atoms with van der Waals surface area (Å²) in [7, 11) is -3.25. The van der Waals surface area contributed by atoms with E-state index in [2.05, 4.69) is 25.7 Å². The van der Waals surface area contributed by atoms with E-state index in [4.69, 9.17) is 0 Å². The molecule has 0 radical (unpaired) electrons. The maximum Gasteiger partial charge on any atom is 0.573 e. The maximum absolute atomic E-state index is 14.0. The average molecular weight is 600 g/mol. The molecule has 1 aliphatic rings. The number of hydrogen-bond donors (Lipinski definition) is 1. The second-order valence-corrected chi connectivity index (χ2v) is 11.6. The van der Waals surface area contributed by atoms with Gasteiger partial charge in [0.1, 0.15) is 16.3 Å². The fourth-order valence-electron chi connectivity index (χ4n) is 5.63. The summed E-state index contributed by atoms with van der Waals surface area (Å²) in [6, 6.07) is 9.80. The molecule has 0 saturated carbocycles. The Morgan fingerprint density at radius 2 is 1.83 bits per heavy atom. The van der Waals surface area contributed by atoms with E-state index in [9.17, 15) is 35.5 Å². The second kappa shape index (κ2) is 9.81. The van der Waals surface area contributed by atoms with Gasteiger partial charge in [-0.15, -0.1) is 17.1 Å². The SMILES string of the molecule is CN1CCC(n2c3cc(-c4cncc(S(=O)(=O)F)c4)c(OC(F)(F)F)cc3c(=O)c3c4ccc(C#N)cc4[nH]c32)CC1. The number of halogens is 4. The summed E-state index contributed by atoms with van der Waals surface area (Å²) in [4.78, 5) is 22.2. The molecule has 1 N–H and O–H groups in total. The Morgan fingerprint density at radius 3 is 2.50 bits per heavy atom. The van der Waals surface area contributed by atoms with Gasteiger partial charge >= 0.3 is 16.6 Å². The fourth-order valence-corrected chi connectivity index (χ4v) is 6.09. The van der Waals surface area contributed by atoms with Gasteiger partial charge in [0, 0.05) is 40.5 Å². The first-order chi connectivity index (χ1) is 19.8. The van der Waals surface area contributed by atoms with Crippen LogP contribution in [0.1, 0.15) is 24.4 Å². The minimum absolute atomic E-state index is 0.0584. The Balaban J connectivity index is 1.74. The predicted octanol–water partition coefficient (Wildman–Crippen LogP) is 5.39. The molecule has 0 bridgehead atoms. The molecular formula is C28H21F4N5O4S. The van der Waals surface area contributed by atoms with Crippen LogP contribution >= 0.6 is 0 Å². The lowest BCUT2D eigenvalue weighted by Crippen LogP contribution is -2.32. The van der Waals surface area contributed by atoms with E-state index in [1.165, 1.54) is 6.07 Å². The molecule has 5 aromatic rings. The van der Waals surface area contributed by atoms with Gasteiger partial charge in [0.2, 0.25) is 0 Å². The molecule has 216 valence electrons. The number of aromatic amines is 1. The Bertz CT molecular complexity index is 2110. The summed E-state index contributed by atoms with van der Waals surface area (Å²) in [5, 5.41) is 10.1. The molecule has 0 aliphatic carbocycles. The fraction of sp³-hybridized carbons (Fsp3) is 0.250. The first-order valence-corrected chi connectivity index (χ1v) is 14.1. The average Bonchev–Trinajstić information content (AvgIpc) is 3.31. The van der Waals surface area contributed by atoms with Crippen molar-refractivity contribution >= 4 is 43.1 Å². The lowest BCUT2D eigenvalue weighted by Gasteiger charge is -2.32. The standard InChI is InChI=1S/C28H21F4N5O4S/c1-36-6-4-17(5-7-36)37-23-10-20(16-9-18(14-34-13-16)42(32,39)40)24(41-28(29,30)31)11-21(23)26(38)25-19-3-2-15(12-33)8-22(19)35-27(25)37/h2-3,8-11,13-14,17,35H,4-7H2,1H3. The van der Waals surface area contributed by atoms with Crippen LogP contribution in [0.5, 0.6) is 5.75 Å². The Kier molecular flexibility index (Phi) is 6.47. The van der Waals surface area contributed by atoms with Crippen molar-refractivity contribution in [1.82, 2.24) is 19.4 Å². The molecular weight excluding hydrogens is 578 g/mol. The van der Waals surface area contributed by atoms with Crippen LogP contribution in [0, 0.1) is 11.3 Å². The predicted molar refractivity (Wildman–Crippen MR) is 146 cm³/mol. The van der Waals surface area contributed by atoms with E-state index in [0.29, 0.717) is 35.0 Å². The van der Waals surface area contributed by atoms with Crippen LogP contribution in [0.2, 0.25) is 0 Å². The van der Waals surface area contributed by atoms with Gasteiger partial charge in [0.15, 0.2) is 5.43 Å². The number of benzene rings is 2. The lowest BCUT2D eigenvalue weighted by atomic mass is 9.99. The molecule has 42 heavy (non-hydrogen) atoms. The van der Waals surface area contributed by atoms with Crippen molar-refractivity contribution in [3.8, 4) is 22.9 Å². The summed E-state index contributed by atoms with van der Waals surface area (Å²) in [6.45, 7) is 1.45. The number of pyridine rings is 2. The van der Waals surface area contributed by atoms with Gasteiger partial charge in [-0.25, -0.2) is 0 Å². The van der Waals surface area contributed by atoms with Crippen LogP contribution in [-0.4, -0.2) is 54.4 Å². The highest BCUT2D eigenvalue weighted by Crippen LogP contribution is 2.40. The summed E-state index contributed by atoms with van der Waals surface area (Å²) >= 11 is 0. The Morgan fingerprint density at radius 1 is 1.10 bits per heavy atom. The molecule has 0 spiro atoms. The van der Waals surface area contributed by atoms with Gasteiger partial charge in [0.25, 0.3) is 0 Å². The molecule has 6 rings (SSSR count). The number of H-pyrrole nitrogens is 1. The number of nitriles is 1. The molecule has 1 saturated heterocycles. The highest BCUT2D eigenvalue weighted by molar-refractivity contribution is 7.86. The summed E-state index contributed by atoms with van der Waals surface area (Å²) < 4.78 is 83.9. The summed E-state index contributed by atoms with van der Waals surface area (Å²) in [5.41, 5.74) is 0.615. The second-order valence-electron chi connectivity index (χ2n) is 10.2. The summed E-state index contributed by atoms with van der Waals surface area (Å²) in [5.74, 6) is -0.775. The third-order valence-electron chi connectivity index (χ3n) is 7.56. The van der Waals surface area contributed by atoms with Crippen LogP contribution in [0.25, 0.3) is 44.0 Å². The highest BCUT2D eigenvalue weighted by atomic mass is 32.3. The third-order valence-corrected chi connectivity index (χ3v) is 8.35. The number of rotatable bonds is 4. The van der Waals surface area contributed by atoms with Crippen LogP contribution in [0.4, 0.5) is 17.1 Å². The first kappa shape index (κ1) is 27.7. The third kappa shape index (κ3) is 4.84. The zero-order valence-corrected chi connectivity index (χ0v) is 22.7. The molecule has 9 nitrogen and oxygen atoms in total. The van der Waals surface area contributed by atoms with Crippen LogP contribution in [0.15, 0.2) is 58.5 Å². The number of hydrogen-bond acceptors (Lipinski definition) is 7. The van der Waals surface area contributed by atoms with Gasteiger partial charge in [0.05, 0.1) is 27.9 Å². The number of fused-ring (bicyclic) bond motifs is 4. The molecule has 3 aromatic heterocycles. The molecule has 0 amide bonds. The number of nitrogens with one attached hydrogen (secondary N) is 1. The smallest absolute Gasteiger partial charge is 0.405 e. The zero-order chi connectivity index (χ0) is 30.0. The largest absolute Gasteiger partial charge is 0.573 e. The lowest BCUT2D eigenvalue weighted by molar-refractivity contribution is -0.274. The van der Waals surface area contributed by atoms with E-state index in [1.807, 2.05) is 11.6 Å². The maximum atomic E-state index is 14.0.